The third kappa shape index (κ3) is 2.34. The zero-order valence-corrected chi connectivity index (χ0v) is 7.97. The molecule has 4 heteroatoms. The molecule has 1 heterocycles. The van der Waals surface area contributed by atoms with Crippen LogP contribution in [-0.2, 0) is 6.42 Å². The van der Waals surface area contributed by atoms with E-state index in [1.165, 1.54) is 0 Å². The van der Waals surface area contributed by atoms with E-state index in [2.05, 4.69) is 23.8 Å². The van der Waals surface area contributed by atoms with Crippen molar-refractivity contribution in [2.75, 3.05) is 5.73 Å². The van der Waals surface area contributed by atoms with Crippen molar-refractivity contribution in [3.8, 4) is 0 Å². The minimum atomic E-state index is 0.363. The first-order valence-corrected chi connectivity index (χ1v) is 4.24. The number of aromatic nitrogens is 2. The smallest absolute Gasteiger partial charge is 0.145 e. The van der Waals surface area contributed by atoms with E-state index in [1.54, 1.807) is 6.20 Å². The maximum Gasteiger partial charge on any atom is 0.145 e. The van der Waals surface area contributed by atoms with Crippen LogP contribution in [0.3, 0.4) is 0 Å². The Bertz CT molecular complexity index is 273. The highest BCUT2D eigenvalue weighted by molar-refractivity contribution is 6.32. The van der Waals surface area contributed by atoms with Crippen LogP contribution in [0.1, 0.15) is 19.7 Å². The maximum atomic E-state index is 5.67. The zero-order chi connectivity index (χ0) is 9.14. The summed E-state index contributed by atoms with van der Waals surface area (Å²) in [7, 11) is 0. The Kier molecular flexibility index (Phi) is 2.87. The van der Waals surface area contributed by atoms with Gasteiger partial charge in [0, 0.05) is 6.42 Å². The summed E-state index contributed by atoms with van der Waals surface area (Å²) in [6.07, 6.45) is 2.38. The van der Waals surface area contributed by atoms with Crippen molar-refractivity contribution in [1.29, 1.82) is 0 Å². The second-order valence-corrected chi connectivity index (χ2v) is 3.52. The number of nitrogen functional groups attached to an aromatic ring is 1. The molecule has 0 bridgehead atoms. The van der Waals surface area contributed by atoms with Crippen molar-refractivity contribution in [3.05, 3.63) is 17.0 Å². The van der Waals surface area contributed by atoms with Crippen molar-refractivity contribution >= 4 is 17.4 Å². The van der Waals surface area contributed by atoms with Crippen LogP contribution in [0.5, 0.6) is 0 Å². The van der Waals surface area contributed by atoms with Crippen LogP contribution in [0.4, 0.5) is 5.82 Å². The van der Waals surface area contributed by atoms with E-state index < -0.39 is 0 Å². The van der Waals surface area contributed by atoms with Crippen LogP contribution in [0, 0.1) is 5.92 Å². The normalized spacial score (nSPS) is 10.7. The van der Waals surface area contributed by atoms with Crippen molar-refractivity contribution in [2.45, 2.75) is 20.3 Å². The maximum absolute atomic E-state index is 5.67. The number of hydrogen-bond acceptors (Lipinski definition) is 3. The van der Waals surface area contributed by atoms with Crippen LogP contribution >= 0.6 is 11.6 Å². The lowest BCUT2D eigenvalue weighted by atomic mass is 10.1. The Balaban J connectivity index is 2.82. The minimum absolute atomic E-state index is 0.363. The van der Waals surface area contributed by atoms with Gasteiger partial charge in [-0.1, -0.05) is 25.4 Å². The van der Waals surface area contributed by atoms with Crippen LogP contribution in [0.2, 0.25) is 5.02 Å². The van der Waals surface area contributed by atoms with E-state index in [0.717, 1.165) is 12.2 Å². The number of hydrogen-bond donors (Lipinski definition) is 1. The Morgan fingerprint density at radius 3 is 2.75 bits per heavy atom. The van der Waals surface area contributed by atoms with Crippen LogP contribution < -0.4 is 5.73 Å². The number of rotatable bonds is 2. The third-order valence-corrected chi connectivity index (χ3v) is 1.70. The third-order valence-electron chi connectivity index (χ3n) is 1.41. The molecule has 0 spiro atoms. The fourth-order valence-electron chi connectivity index (χ4n) is 0.882. The standard InChI is InChI=1S/C8H12ClN3/c1-5(2)3-7-11-4-6(9)8(10)12-7/h4-5H,3H2,1-2H3,(H2,10,11,12). The molecule has 0 aliphatic heterocycles. The summed E-state index contributed by atoms with van der Waals surface area (Å²) >= 11 is 5.67. The van der Waals surface area contributed by atoms with E-state index >= 15 is 0 Å². The molecule has 66 valence electrons. The molecule has 0 aromatic carbocycles. The SMILES string of the molecule is CC(C)Cc1ncc(Cl)c(N)n1. The topological polar surface area (TPSA) is 51.8 Å². The predicted molar refractivity (Wildman–Crippen MR) is 50.0 cm³/mol. The fourth-order valence-corrected chi connectivity index (χ4v) is 0.973. The summed E-state index contributed by atoms with van der Waals surface area (Å²) in [4.78, 5) is 8.10. The first-order chi connectivity index (χ1) is 5.59. The van der Waals surface area contributed by atoms with Gasteiger partial charge >= 0.3 is 0 Å². The Morgan fingerprint density at radius 2 is 2.25 bits per heavy atom. The molecular formula is C8H12ClN3. The number of nitrogens with two attached hydrogens (primary N) is 1. The summed E-state index contributed by atoms with van der Waals surface area (Å²) < 4.78 is 0. The average molecular weight is 186 g/mol. The van der Waals surface area contributed by atoms with E-state index in [4.69, 9.17) is 17.3 Å². The van der Waals surface area contributed by atoms with Crippen molar-refractivity contribution < 1.29 is 0 Å². The molecule has 0 unspecified atom stereocenters. The van der Waals surface area contributed by atoms with Crippen molar-refractivity contribution in [2.24, 2.45) is 5.92 Å². The Hall–Kier alpha value is -0.830. The summed E-state index contributed by atoms with van der Waals surface area (Å²) in [5, 5.41) is 0.419. The van der Waals surface area contributed by atoms with E-state index in [1.807, 2.05) is 0 Å². The molecule has 1 aromatic heterocycles. The quantitative estimate of drug-likeness (QED) is 0.766. The van der Waals surface area contributed by atoms with Gasteiger partial charge in [0.05, 0.1) is 6.20 Å². The molecular weight excluding hydrogens is 174 g/mol. The molecule has 1 aromatic rings. The predicted octanol–water partition coefficient (Wildman–Crippen LogP) is 1.91. The van der Waals surface area contributed by atoms with Crippen LogP contribution in [0.15, 0.2) is 6.20 Å². The molecule has 0 fully saturated rings. The molecule has 0 aliphatic carbocycles. The highest BCUT2D eigenvalue weighted by atomic mass is 35.5. The second-order valence-electron chi connectivity index (χ2n) is 3.12. The van der Waals surface area contributed by atoms with Gasteiger partial charge in [0.15, 0.2) is 0 Å². The first kappa shape index (κ1) is 9.26. The van der Waals surface area contributed by atoms with Crippen LogP contribution in [-0.4, -0.2) is 9.97 Å². The summed E-state index contributed by atoms with van der Waals surface area (Å²) in [5.74, 6) is 1.65. The highest BCUT2D eigenvalue weighted by Crippen LogP contribution is 2.14. The molecule has 0 amide bonds. The van der Waals surface area contributed by atoms with Gasteiger partial charge in [-0.05, 0) is 5.92 Å². The zero-order valence-electron chi connectivity index (χ0n) is 7.21. The molecule has 0 saturated carbocycles. The number of anilines is 1. The second kappa shape index (κ2) is 3.72. The lowest BCUT2D eigenvalue weighted by molar-refractivity contribution is 0.621. The average Bonchev–Trinajstić information content (AvgIpc) is 1.96. The monoisotopic (exact) mass is 185 g/mol. The molecule has 0 atom stereocenters. The van der Waals surface area contributed by atoms with Crippen molar-refractivity contribution in [1.82, 2.24) is 9.97 Å². The largest absolute Gasteiger partial charge is 0.382 e. The van der Waals surface area contributed by atoms with Gasteiger partial charge in [-0.25, -0.2) is 9.97 Å². The first-order valence-electron chi connectivity index (χ1n) is 3.86. The lowest BCUT2D eigenvalue weighted by Gasteiger charge is -2.03. The molecule has 0 radical (unpaired) electrons. The number of nitrogens with zero attached hydrogens (tertiary/aromatic N) is 2. The molecule has 1 rings (SSSR count). The van der Waals surface area contributed by atoms with Gasteiger partial charge in [0.1, 0.15) is 16.7 Å². The van der Waals surface area contributed by atoms with Gasteiger partial charge in [-0.15, -0.1) is 0 Å². The highest BCUT2D eigenvalue weighted by Gasteiger charge is 2.03. The van der Waals surface area contributed by atoms with E-state index in [0.29, 0.717) is 16.8 Å². The lowest BCUT2D eigenvalue weighted by Crippen LogP contribution is -2.03. The fraction of sp³-hybridized carbons (Fsp3) is 0.500. The molecule has 12 heavy (non-hydrogen) atoms. The minimum Gasteiger partial charge on any atom is -0.382 e. The Morgan fingerprint density at radius 1 is 1.58 bits per heavy atom. The van der Waals surface area contributed by atoms with E-state index in [9.17, 15) is 0 Å². The number of halogens is 1. The van der Waals surface area contributed by atoms with Crippen LogP contribution in [0.25, 0.3) is 0 Å². The molecule has 3 nitrogen and oxygen atoms in total. The molecule has 2 N–H and O–H groups in total. The van der Waals surface area contributed by atoms with Gasteiger partial charge in [-0.2, -0.15) is 0 Å². The molecule has 0 aliphatic rings. The van der Waals surface area contributed by atoms with Gasteiger partial charge in [0.25, 0.3) is 0 Å². The molecule has 0 saturated heterocycles. The van der Waals surface area contributed by atoms with Gasteiger partial charge < -0.3 is 5.73 Å². The van der Waals surface area contributed by atoms with Gasteiger partial charge in [-0.3, -0.25) is 0 Å². The van der Waals surface area contributed by atoms with E-state index in [-0.39, 0.29) is 0 Å². The van der Waals surface area contributed by atoms with Crippen molar-refractivity contribution in [3.63, 3.8) is 0 Å². The summed E-state index contributed by atoms with van der Waals surface area (Å²) in [6, 6.07) is 0. The van der Waals surface area contributed by atoms with Gasteiger partial charge in [0.2, 0.25) is 0 Å². The summed E-state index contributed by atoms with van der Waals surface area (Å²) in [6.45, 7) is 4.21. The Labute approximate surface area is 77.0 Å². The summed E-state index contributed by atoms with van der Waals surface area (Å²) in [5.41, 5.74) is 5.51.